The zero-order valence-electron chi connectivity index (χ0n) is 23.3. The second-order valence-corrected chi connectivity index (χ2v) is 33.1. The zero-order valence-corrected chi connectivity index (χ0v) is 29.3. The Hall–Kier alpha value is 0.0769. The van der Waals surface area contributed by atoms with Gasteiger partial charge < -0.3 is 0 Å². The van der Waals surface area contributed by atoms with Crippen LogP contribution in [-0.4, -0.2) is 16.1 Å². The Kier molecular flexibility index (Phi) is 7.94. The minimum atomic E-state index is -2.60. The van der Waals surface area contributed by atoms with Gasteiger partial charge in [0.2, 0.25) is 0 Å². The average Bonchev–Trinajstić information content (AvgIpc) is 3.05. The summed E-state index contributed by atoms with van der Waals surface area (Å²) in [4.78, 5) is 0. The molecule has 2 aromatic carbocycles. The van der Waals surface area contributed by atoms with Crippen molar-refractivity contribution in [3.8, 4) is 11.1 Å². The number of hydrogen-bond donors (Lipinski definition) is 0. The second kappa shape index (κ2) is 9.43. The summed E-state index contributed by atoms with van der Waals surface area (Å²) in [6.07, 6.45) is 2.46. The molecule has 0 nitrogen and oxygen atoms in total. The Bertz CT molecular complexity index is 1090. The SMILES string of the molecule is CC(C)(C)C1=Cc2c(ccc(C(C)(C)C)c2-c2cc([Si](C)(C)C)cc([Si](C)(C)C)c2)[CH]1[Zr]([Cl])[Cl]. The van der Waals surface area contributed by atoms with Crippen molar-refractivity contribution in [3.05, 3.63) is 52.6 Å². The summed E-state index contributed by atoms with van der Waals surface area (Å²) in [6, 6.07) is 12.3. The summed E-state index contributed by atoms with van der Waals surface area (Å²) in [5, 5.41) is 3.11. The van der Waals surface area contributed by atoms with E-state index in [2.05, 4.69) is 117 Å². The van der Waals surface area contributed by atoms with Crippen LogP contribution in [0, 0.1) is 5.41 Å². The summed E-state index contributed by atoms with van der Waals surface area (Å²) in [5.41, 5.74) is 8.45. The first-order chi connectivity index (χ1) is 15.2. The van der Waals surface area contributed by atoms with E-state index < -0.39 is 35.5 Å². The summed E-state index contributed by atoms with van der Waals surface area (Å²) >= 11 is -2.60. The molecule has 0 spiro atoms. The van der Waals surface area contributed by atoms with Crippen molar-refractivity contribution < 1.29 is 19.4 Å². The van der Waals surface area contributed by atoms with Crippen LogP contribution in [0.4, 0.5) is 0 Å². The maximum atomic E-state index is 6.84. The van der Waals surface area contributed by atoms with Crippen LogP contribution in [0.2, 0.25) is 39.3 Å². The molecule has 1 aliphatic carbocycles. The fourth-order valence-electron chi connectivity index (χ4n) is 4.91. The van der Waals surface area contributed by atoms with E-state index in [9.17, 15) is 0 Å². The molecule has 0 saturated carbocycles. The van der Waals surface area contributed by atoms with Gasteiger partial charge in [0.15, 0.2) is 0 Å². The molecular weight excluding hydrogens is 567 g/mol. The van der Waals surface area contributed by atoms with Crippen molar-refractivity contribution in [3.63, 3.8) is 0 Å². The summed E-state index contributed by atoms with van der Waals surface area (Å²) < 4.78 is 0.227. The molecule has 185 valence electrons. The molecule has 0 aromatic heterocycles. The second-order valence-electron chi connectivity index (χ2n) is 14.1. The van der Waals surface area contributed by atoms with Crippen molar-refractivity contribution in [2.24, 2.45) is 5.41 Å². The average molecular weight is 610 g/mol. The van der Waals surface area contributed by atoms with Crippen molar-refractivity contribution in [2.45, 2.75) is 89.9 Å². The van der Waals surface area contributed by atoms with Crippen LogP contribution in [0.3, 0.4) is 0 Å². The van der Waals surface area contributed by atoms with Crippen LogP contribution >= 0.6 is 17.0 Å². The third-order valence-electron chi connectivity index (χ3n) is 7.05. The molecule has 0 heterocycles. The monoisotopic (exact) mass is 607 g/mol. The van der Waals surface area contributed by atoms with Gasteiger partial charge in [-0.15, -0.1) is 0 Å². The molecule has 0 amide bonds. The Labute approximate surface area is 226 Å². The molecule has 0 bridgehead atoms. The van der Waals surface area contributed by atoms with E-state index in [-0.39, 0.29) is 14.5 Å². The topological polar surface area (TPSA) is 0 Å². The van der Waals surface area contributed by atoms with E-state index in [4.69, 9.17) is 17.0 Å². The Balaban J connectivity index is 2.48. The number of benzene rings is 2. The van der Waals surface area contributed by atoms with Crippen molar-refractivity contribution in [1.82, 2.24) is 0 Å². The van der Waals surface area contributed by atoms with Gasteiger partial charge in [-0.2, -0.15) is 0 Å². The standard InChI is InChI=1S/C29H43Si2.2ClH.Zr/c1-28(2,3)22-15-20-13-14-26(29(4,5)6)27(25(20)18-22)21-16-23(30(7,8)9)19-24(17-21)31(10,11)12;;;/h13-19H,1-12H3;2*1H;/q;;;+2/p-2. The predicted octanol–water partition coefficient (Wildman–Crippen LogP) is 9.15. The van der Waals surface area contributed by atoms with E-state index in [1.165, 1.54) is 33.4 Å². The molecule has 2 aromatic rings. The fraction of sp³-hybridized carbons (Fsp3) is 0.517. The van der Waals surface area contributed by atoms with Gasteiger partial charge in [0.1, 0.15) is 0 Å². The van der Waals surface area contributed by atoms with Crippen LogP contribution < -0.4 is 10.4 Å². The quantitative estimate of drug-likeness (QED) is 0.303. The molecule has 3 rings (SSSR count). The van der Waals surface area contributed by atoms with E-state index in [1.54, 1.807) is 10.4 Å². The number of allylic oxidation sites excluding steroid dienone is 1. The van der Waals surface area contributed by atoms with Gasteiger partial charge in [-0.05, 0) is 0 Å². The third kappa shape index (κ3) is 5.80. The number of rotatable bonds is 4. The fourth-order valence-corrected chi connectivity index (χ4v) is 13.2. The molecule has 34 heavy (non-hydrogen) atoms. The van der Waals surface area contributed by atoms with Gasteiger partial charge in [-0.3, -0.25) is 0 Å². The first-order valence-corrected chi connectivity index (χ1v) is 27.2. The number of halogens is 2. The molecule has 1 aliphatic rings. The summed E-state index contributed by atoms with van der Waals surface area (Å²) in [7, 11) is 10.7. The van der Waals surface area contributed by atoms with Gasteiger partial charge in [0, 0.05) is 0 Å². The van der Waals surface area contributed by atoms with E-state index in [0.29, 0.717) is 0 Å². The van der Waals surface area contributed by atoms with Crippen LogP contribution in [0.25, 0.3) is 17.2 Å². The minimum absolute atomic E-state index is 0.0379. The van der Waals surface area contributed by atoms with Crippen LogP contribution in [-0.2, 0) is 24.8 Å². The van der Waals surface area contributed by atoms with E-state index in [0.717, 1.165) is 0 Å². The summed E-state index contributed by atoms with van der Waals surface area (Å²) in [6.45, 7) is 28.7. The first-order valence-electron chi connectivity index (χ1n) is 12.5. The summed E-state index contributed by atoms with van der Waals surface area (Å²) in [5.74, 6) is 0. The zero-order chi connectivity index (χ0) is 26.0. The molecule has 0 fully saturated rings. The van der Waals surface area contributed by atoms with Crippen LogP contribution in [0.15, 0.2) is 35.9 Å². The number of fused-ring (bicyclic) bond motifs is 1. The van der Waals surface area contributed by atoms with Gasteiger partial charge in [-0.25, -0.2) is 0 Å². The molecule has 0 aliphatic heterocycles. The van der Waals surface area contributed by atoms with Crippen LogP contribution in [0.1, 0.15) is 61.9 Å². The Morgan fingerprint density at radius 1 is 0.735 bits per heavy atom. The molecule has 0 saturated heterocycles. The van der Waals surface area contributed by atoms with Crippen molar-refractivity contribution >= 4 is 49.6 Å². The van der Waals surface area contributed by atoms with Crippen molar-refractivity contribution in [2.75, 3.05) is 0 Å². The molecular formula is C29H43Cl2Si2Zr. The molecule has 1 atom stereocenters. The predicted molar refractivity (Wildman–Crippen MR) is 158 cm³/mol. The number of hydrogen-bond acceptors (Lipinski definition) is 0. The normalized spacial score (nSPS) is 17.0. The molecule has 0 N–H and O–H groups in total. The Morgan fingerprint density at radius 3 is 1.62 bits per heavy atom. The van der Waals surface area contributed by atoms with Crippen LogP contribution in [0.5, 0.6) is 0 Å². The first kappa shape index (κ1) is 28.6. The van der Waals surface area contributed by atoms with E-state index >= 15 is 0 Å². The van der Waals surface area contributed by atoms with Gasteiger partial charge in [0.05, 0.1) is 0 Å². The molecule has 5 heteroatoms. The molecule has 0 radical (unpaired) electrons. The third-order valence-corrected chi connectivity index (χ3v) is 16.3. The van der Waals surface area contributed by atoms with E-state index in [1.807, 2.05) is 0 Å². The van der Waals surface area contributed by atoms with Gasteiger partial charge in [-0.1, -0.05) is 0 Å². The van der Waals surface area contributed by atoms with Crippen molar-refractivity contribution in [1.29, 1.82) is 0 Å². The molecule has 1 unspecified atom stereocenters. The maximum absolute atomic E-state index is 6.84. The van der Waals surface area contributed by atoms with Gasteiger partial charge >= 0.3 is 228 Å². The van der Waals surface area contributed by atoms with Gasteiger partial charge in [0.25, 0.3) is 0 Å². The Morgan fingerprint density at radius 2 is 1.24 bits per heavy atom.